The van der Waals surface area contributed by atoms with E-state index in [9.17, 15) is 20.0 Å². The smallest absolute Gasteiger partial charge is 0.338 e. The molecule has 0 radical (unpaired) electrons. The Labute approximate surface area is 156 Å². The van der Waals surface area contributed by atoms with Gasteiger partial charge in [0.15, 0.2) is 0 Å². The molecule has 0 bridgehead atoms. The van der Waals surface area contributed by atoms with E-state index < -0.39 is 25.1 Å². The zero-order valence-electron chi connectivity index (χ0n) is 16.6. The molecule has 1 N–H and O–H groups in total. The van der Waals surface area contributed by atoms with Crippen molar-refractivity contribution in [2.45, 2.75) is 70.3 Å². The third-order valence-corrected chi connectivity index (χ3v) is 13.2. The van der Waals surface area contributed by atoms with Gasteiger partial charge in [-0.2, -0.15) is 0 Å². The van der Waals surface area contributed by atoms with Crippen LogP contribution < -0.4 is 0 Å². The van der Waals surface area contributed by atoms with Crippen molar-refractivity contribution >= 4 is 19.7 Å². The predicted octanol–water partition coefficient (Wildman–Crippen LogP) is 4.79. The van der Waals surface area contributed by atoms with Crippen LogP contribution in [0.2, 0.25) is 22.7 Å². The number of nitrogens with zero attached hydrogens (tertiary/aromatic N) is 1. The zero-order valence-corrected chi connectivity index (χ0v) is 17.6. The van der Waals surface area contributed by atoms with Gasteiger partial charge >= 0.3 is 5.97 Å². The Morgan fingerprint density at radius 1 is 1.08 bits per heavy atom. The number of benzene rings is 1. The molecule has 1 atom stereocenters. The minimum absolute atomic E-state index is 0.0777. The lowest BCUT2D eigenvalue weighted by atomic mass is 10.2. The lowest BCUT2D eigenvalue weighted by Crippen LogP contribution is -2.48. The molecule has 0 aliphatic carbocycles. The first kappa shape index (κ1) is 22.3. The van der Waals surface area contributed by atoms with Crippen molar-refractivity contribution in [2.75, 3.05) is 6.61 Å². The number of nitro benzene ring substituents is 1. The maximum atomic E-state index is 12.4. The minimum atomic E-state index is -1.83. The second-order valence-corrected chi connectivity index (χ2v) is 13.9. The van der Waals surface area contributed by atoms with Gasteiger partial charge in [0.05, 0.1) is 25.2 Å². The molecule has 0 amide bonds. The van der Waals surface area contributed by atoms with Gasteiger partial charge < -0.3 is 9.84 Å². The van der Waals surface area contributed by atoms with Crippen LogP contribution in [-0.4, -0.2) is 36.8 Å². The van der Waals surface area contributed by atoms with E-state index >= 15 is 0 Å². The molecule has 0 saturated carbocycles. The van der Waals surface area contributed by atoms with Crippen molar-refractivity contribution in [1.82, 2.24) is 0 Å². The van der Waals surface area contributed by atoms with Crippen LogP contribution >= 0.6 is 0 Å². The first-order chi connectivity index (χ1) is 12.1. The second kappa shape index (κ2) is 9.28. The number of non-ortho nitro benzene ring substituents is 1. The van der Waals surface area contributed by atoms with Gasteiger partial charge in [-0.25, -0.2) is 4.79 Å². The number of ether oxygens (including phenoxy) is 1. The maximum Gasteiger partial charge on any atom is 0.338 e. The molecule has 146 valence electrons. The lowest BCUT2D eigenvalue weighted by Gasteiger charge is -2.44. The molecule has 0 aromatic heterocycles. The van der Waals surface area contributed by atoms with Crippen LogP contribution in [0.1, 0.15) is 51.9 Å². The number of carbonyl (C=O) groups is 1. The average Bonchev–Trinajstić information content (AvgIpc) is 2.57. The van der Waals surface area contributed by atoms with Crippen molar-refractivity contribution < 1.29 is 19.6 Å². The fourth-order valence-electron chi connectivity index (χ4n) is 4.18. The van der Waals surface area contributed by atoms with Gasteiger partial charge in [0, 0.05) is 12.1 Å². The summed E-state index contributed by atoms with van der Waals surface area (Å²) < 4.78 is 5.57. The van der Waals surface area contributed by atoms with E-state index in [1.807, 2.05) is 0 Å². The van der Waals surface area contributed by atoms with Gasteiger partial charge in [0.2, 0.25) is 0 Å². The quantitative estimate of drug-likeness (QED) is 0.287. The highest BCUT2D eigenvalue weighted by Gasteiger charge is 2.44. The molecular weight excluding hydrogens is 350 g/mol. The van der Waals surface area contributed by atoms with Gasteiger partial charge in [-0.05, 0) is 18.2 Å². The monoisotopic (exact) mass is 381 g/mol. The lowest BCUT2D eigenvalue weighted by molar-refractivity contribution is -0.384. The number of hydrogen-bond acceptors (Lipinski definition) is 5. The number of carbonyl (C=O) groups excluding carboxylic acids is 1. The van der Waals surface area contributed by atoms with Gasteiger partial charge in [-0.1, -0.05) is 58.2 Å². The third kappa shape index (κ3) is 4.91. The minimum Gasteiger partial charge on any atom is -0.457 e. The summed E-state index contributed by atoms with van der Waals surface area (Å²) >= 11 is 0. The Morgan fingerprint density at radius 2 is 1.54 bits per heavy atom. The molecule has 1 unspecified atom stereocenters. The molecule has 0 spiro atoms. The summed E-state index contributed by atoms with van der Waals surface area (Å²) in [7, 11) is -1.83. The summed E-state index contributed by atoms with van der Waals surface area (Å²) in [6.07, 6.45) is -0.559. The molecule has 7 heteroatoms. The summed E-state index contributed by atoms with van der Waals surface area (Å²) in [5.74, 6) is -0.557. The van der Waals surface area contributed by atoms with E-state index in [4.69, 9.17) is 4.74 Å². The Kier molecular flexibility index (Phi) is 7.96. The summed E-state index contributed by atoms with van der Waals surface area (Å²) in [4.78, 5) is 22.6. The number of rotatable bonds is 9. The molecule has 0 saturated heterocycles. The van der Waals surface area contributed by atoms with Crippen molar-refractivity contribution in [2.24, 2.45) is 0 Å². The first-order valence-corrected chi connectivity index (χ1v) is 11.6. The molecule has 0 heterocycles. The van der Waals surface area contributed by atoms with Crippen LogP contribution in [0, 0.1) is 10.1 Å². The van der Waals surface area contributed by atoms with E-state index in [1.54, 1.807) is 0 Å². The summed E-state index contributed by atoms with van der Waals surface area (Å²) in [6, 6.07) is 6.02. The van der Waals surface area contributed by atoms with Crippen LogP contribution in [0.5, 0.6) is 0 Å². The Morgan fingerprint density at radius 3 is 1.88 bits per heavy atom. The molecule has 1 aromatic rings. The summed E-state index contributed by atoms with van der Waals surface area (Å²) in [5.41, 5.74) is 1.66. The van der Waals surface area contributed by atoms with Crippen LogP contribution in [-0.2, 0) is 4.74 Å². The summed E-state index contributed by atoms with van der Waals surface area (Å²) in [5, 5.41) is 20.5. The van der Waals surface area contributed by atoms with Crippen LogP contribution in [0.4, 0.5) is 5.69 Å². The van der Waals surface area contributed by atoms with Gasteiger partial charge in [0.25, 0.3) is 5.69 Å². The summed E-state index contributed by atoms with van der Waals surface area (Å²) in [6.45, 7) is 13.1. The standard InChI is InChI=1S/C19H31NO5Si/c1-13(2)26(14(3)4,15(5)6)12-18(11-21)25-19(22)16-7-9-17(10-8-16)20(23)24/h7-10,13-15,18,21H,11-12H2,1-6H3. The average molecular weight is 382 g/mol. The zero-order chi connectivity index (χ0) is 20.1. The largest absolute Gasteiger partial charge is 0.457 e. The second-order valence-electron chi connectivity index (χ2n) is 7.79. The van der Waals surface area contributed by atoms with E-state index in [-0.39, 0.29) is 17.9 Å². The van der Waals surface area contributed by atoms with Crippen LogP contribution in [0.25, 0.3) is 0 Å². The Hall–Kier alpha value is -1.73. The molecule has 1 aromatic carbocycles. The van der Waals surface area contributed by atoms with Crippen LogP contribution in [0.3, 0.4) is 0 Å². The van der Waals surface area contributed by atoms with Crippen LogP contribution in [0.15, 0.2) is 24.3 Å². The SMILES string of the molecule is CC(C)[Si](CC(CO)OC(=O)c1ccc([N+](=O)[O-])cc1)(C(C)C)C(C)C. The van der Waals surface area contributed by atoms with Gasteiger partial charge in [-0.3, -0.25) is 10.1 Å². The highest BCUT2D eigenvalue weighted by atomic mass is 28.3. The van der Waals surface area contributed by atoms with Crippen molar-refractivity contribution in [3.8, 4) is 0 Å². The third-order valence-electron chi connectivity index (χ3n) is 5.60. The number of aliphatic hydroxyl groups excluding tert-OH is 1. The molecular formula is C19H31NO5Si. The topological polar surface area (TPSA) is 89.7 Å². The number of esters is 1. The van der Waals surface area contributed by atoms with E-state index in [0.717, 1.165) is 0 Å². The first-order valence-electron chi connectivity index (χ1n) is 9.12. The van der Waals surface area contributed by atoms with E-state index in [1.165, 1.54) is 24.3 Å². The van der Waals surface area contributed by atoms with E-state index in [2.05, 4.69) is 41.5 Å². The van der Waals surface area contributed by atoms with Crippen molar-refractivity contribution in [3.63, 3.8) is 0 Å². The number of aliphatic hydroxyl groups is 1. The highest BCUT2D eigenvalue weighted by Crippen LogP contribution is 2.45. The van der Waals surface area contributed by atoms with Crippen molar-refractivity contribution in [1.29, 1.82) is 0 Å². The number of hydrogen-bond donors (Lipinski definition) is 1. The Bertz CT molecular complexity index is 591. The number of nitro groups is 1. The molecule has 0 aliphatic heterocycles. The predicted molar refractivity (Wildman–Crippen MR) is 105 cm³/mol. The maximum absolute atomic E-state index is 12.4. The Balaban J connectivity index is 2.97. The molecule has 6 nitrogen and oxygen atoms in total. The van der Waals surface area contributed by atoms with Gasteiger partial charge in [-0.15, -0.1) is 0 Å². The van der Waals surface area contributed by atoms with E-state index in [0.29, 0.717) is 22.7 Å². The van der Waals surface area contributed by atoms with Gasteiger partial charge in [0.1, 0.15) is 6.10 Å². The van der Waals surface area contributed by atoms with Crippen molar-refractivity contribution in [3.05, 3.63) is 39.9 Å². The highest BCUT2D eigenvalue weighted by molar-refractivity contribution is 6.83. The molecule has 0 aliphatic rings. The normalized spacial score (nSPS) is 13.3. The molecule has 26 heavy (non-hydrogen) atoms. The molecule has 0 fully saturated rings. The fourth-order valence-corrected chi connectivity index (χ4v) is 10.6. The fraction of sp³-hybridized carbons (Fsp3) is 0.632. The molecule has 1 rings (SSSR count).